The van der Waals surface area contributed by atoms with Crippen molar-refractivity contribution < 1.29 is 23.8 Å². The number of Topliss-reactive ketones (excluding diaryl/α,β-unsaturated/α-hetero) is 1. The number of nitriles is 1. The number of fused-ring (bicyclic) bond motifs is 1. The van der Waals surface area contributed by atoms with E-state index in [1.54, 1.807) is 11.0 Å². The standard InChI is InChI=1S/C31H37FN6O4/c1-3-27(40)38-14-13-37(17-24(38)10-11-33)30-26-9-7-20(15-22-16-23(32)8-6-21(22)18-39)29(41)28(26)34-31(35-30)42-19-25-5-4-12-36(25)2/h3,6,8,16,20,24-25,39H,1,4-5,7,9-10,12-15,17-19H2,2H3/t20-,24?,25?/m0/s1. The van der Waals surface area contributed by atoms with Gasteiger partial charge in [0.15, 0.2) is 5.78 Å². The van der Waals surface area contributed by atoms with Crippen molar-refractivity contribution in [2.75, 3.05) is 44.7 Å². The number of carbonyl (C=O) groups excluding carboxylic acids is 2. The lowest BCUT2D eigenvalue weighted by Gasteiger charge is -2.41. The number of likely N-dealkylation sites (N-methyl/N-ethyl adjacent to an activating group) is 1. The van der Waals surface area contributed by atoms with Crippen LogP contribution in [0.5, 0.6) is 6.01 Å². The zero-order valence-corrected chi connectivity index (χ0v) is 24.0. The molecule has 1 aromatic heterocycles. The summed E-state index contributed by atoms with van der Waals surface area (Å²) in [7, 11) is 2.06. The Morgan fingerprint density at radius 2 is 2.07 bits per heavy atom. The molecule has 1 amide bonds. The summed E-state index contributed by atoms with van der Waals surface area (Å²) < 4.78 is 20.2. The minimum Gasteiger partial charge on any atom is -0.462 e. The lowest BCUT2D eigenvalue weighted by molar-refractivity contribution is -0.128. The average molecular weight is 577 g/mol. The maximum atomic E-state index is 14.0. The van der Waals surface area contributed by atoms with E-state index in [4.69, 9.17) is 9.72 Å². The van der Waals surface area contributed by atoms with Gasteiger partial charge in [-0.1, -0.05) is 12.6 Å². The fourth-order valence-electron chi connectivity index (χ4n) is 6.35. The van der Waals surface area contributed by atoms with Gasteiger partial charge in [0.1, 0.15) is 23.9 Å². The molecule has 2 aliphatic heterocycles. The molecular weight excluding hydrogens is 539 g/mol. The summed E-state index contributed by atoms with van der Waals surface area (Å²) in [6, 6.07) is 6.42. The summed E-state index contributed by atoms with van der Waals surface area (Å²) in [6.07, 6.45) is 4.86. The molecule has 3 atom stereocenters. The van der Waals surface area contributed by atoms with E-state index in [1.165, 1.54) is 18.2 Å². The van der Waals surface area contributed by atoms with Crippen molar-refractivity contribution in [2.45, 2.75) is 57.2 Å². The van der Waals surface area contributed by atoms with Gasteiger partial charge < -0.3 is 24.5 Å². The molecule has 222 valence electrons. The van der Waals surface area contributed by atoms with Crippen molar-refractivity contribution >= 4 is 17.5 Å². The highest BCUT2D eigenvalue weighted by Gasteiger charge is 2.37. The summed E-state index contributed by atoms with van der Waals surface area (Å²) in [5, 5.41) is 19.2. The van der Waals surface area contributed by atoms with Crippen LogP contribution in [0.15, 0.2) is 30.9 Å². The highest BCUT2D eigenvalue weighted by Crippen LogP contribution is 2.35. The van der Waals surface area contributed by atoms with Gasteiger partial charge in [-0.05, 0) is 75.0 Å². The second-order valence-corrected chi connectivity index (χ2v) is 11.3. The second kappa shape index (κ2) is 13.0. The van der Waals surface area contributed by atoms with Gasteiger partial charge in [-0.3, -0.25) is 9.59 Å². The zero-order chi connectivity index (χ0) is 29.8. The first kappa shape index (κ1) is 29.6. The van der Waals surface area contributed by atoms with E-state index in [1.807, 2.05) is 4.90 Å². The van der Waals surface area contributed by atoms with Crippen LogP contribution in [0.25, 0.3) is 0 Å². The number of aromatic nitrogens is 2. The molecule has 1 aliphatic carbocycles. The number of ketones is 1. The van der Waals surface area contributed by atoms with E-state index in [9.17, 15) is 24.3 Å². The monoisotopic (exact) mass is 576 g/mol. The van der Waals surface area contributed by atoms with Crippen molar-refractivity contribution in [1.82, 2.24) is 19.8 Å². The molecule has 1 aromatic carbocycles. The van der Waals surface area contributed by atoms with Gasteiger partial charge >= 0.3 is 6.01 Å². The van der Waals surface area contributed by atoms with Gasteiger partial charge in [-0.15, -0.1) is 0 Å². The quantitative estimate of drug-likeness (QED) is 0.449. The van der Waals surface area contributed by atoms with Crippen LogP contribution in [-0.4, -0.2) is 88.5 Å². The molecule has 11 heteroatoms. The number of hydrogen-bond donors (Lipinski definition) is 1. The van der Waals surface area contributed by atoms with Crippen LogP contribution in [0.4, 0.5) is 10.2 Å². The number of halogens is 1. The summed E-state index contributed by atoms with van der Waals surface area (Å²) in [6.45, 7) is 5.98. The van der Waals surface area contributed by atoms with E-state index in [2.05, 4.69) is 29.6 Å². The molecule has 2 unspecified atom stereocenters. The van der Waals surface area contributed by atoms with Crippen molar-refractivity contribution in [2.24, 2.45) is 5.92 Å². The lowest BCUT2D eigenvalue weighted by atomic mass is 9.81. The third-order valence-electron chi connectivity index (χ3n) is 8.76. The summed E-state index contributed by atoms with van der Waals surface area (Å²) >= 11 is 0. The van der Waals surface area contributed by atoms with Gasteiger partial charge in [-0.25, -0.2) is 4.39 Å². The normalized spacial score (nSPS) is 22.5. The van der Waals surface area contributed by atoms with Crippen molar-refractivity contribution in [3.05, 3.63) is 59.1 Å². The number of likely N-dealkylation sites (tertiary alicyclic amines) is 1. The number of benzene rings is 1. The number of amides is 1. The first-order valence-electron chi connectivity index (χ1n) is 14.5. The molecule has 2 aromatic rings. The molecule has 42 heavy (non-hydrogen) atoms. The Kier molecular flexibility index (Phi) is 9.14. The van der Waals surface area contributed by atoms with Crippen molar-refractivity contribution in [1.29, 1.82) is 5.26 Å². The number of nitrogens with zero attached hydrogens (tertiary/aromatic N) is 6. The second-order valence-electron chi connectivity index (χ2n) is 11.3. The van der Waals surface area contributed by atoms with Gasteiger partial charge in [0, 0.05) is 37.2 Å². The maximum Gasteiger partial charge on any atom is 0.319 e. The van der Waals surface area contributed by atoms with Crippen LogP contribution in [0.1, 0.15) is 52.9 Å². The third kappa shape index (κ3) is 6.15. The molecular formula is C31H37FN6O4. The molecule has 3 heterocycles. The third-order valence-corrected chi connectivity index (χ3v) is 8.76. The number of piperazine rings is 1. The zero-order valence-electron chi connectivity index (χ0n) is 24.0. The highest BCUT2D eigenvalue weighted by atomic mass is 19.1. The Balaban J connectivity index is 1.46. The van der Waals surface area contributed by atoms with Gasteiger partial charge in [0.25, 0.3) is 0 Å². The van der Waals surface area contributed by atoms with E-state index in [-0.39, 0.29) is 42.8 Å². The molecule has 0 radical (unpaired) electrons. The van der Waals surface area contributed by atoms with Gasteiger partial charge in [0.2, 0.25) is 5.91 Å². The molecule has 0 saturated carbocycles. The molecule has 3 aliphatic rings. The Hall–Kier alpha value is -3.88. The van der Waals surface area contributed by atoms with Crippen LogP contribution in [-0.2, 0) is 24.2 Å². The van der Waals surface area contributed by atoms with Crippen LogP contribution in [0, 0.1) is 23.1 Å². The number of rotatable bonds is 9. The topological polar surface area (TPSA) is 123 Å². The minimum absolute atomic E-state index is 0.126. The largest absolute Gasteiger partial charge is 0.462 e. The summed E-state index contributed by atoms with van der Waals surface area (Å²) in [5.74, 6) is -0.637. The average Bonchev–Trinajstić information content (AvgIpc) is 3.41. The molecule has 1 N–H and O–H groups in total. The molecule has 5 rings (SSSR count). The number of anilines is 1. The predicted octanol–water partition coefficient (Wildman–Crippen LogP) is 2.69. The number of hydrogen-bond acceptors (Lipinski definition) is 9. The Morgan fingerprint density at radius 1 is 1.24 bits per heavy atom. The highest BCUT2D eigenvalue weighted by molar-refractivity contribution is 5.99. The van der Waals surface area contributed by atoms with Crippen LogP contribution in [0.2, 0.25) is 0 Å². The Morgan fingerprint density at radius 3 is 2.79 bits per heavy atom. The first-order chi connectivity index (χ1) is 20.3. The SMILES string of the molecule is C=CC(=O)N1CCN(c2nc(OCC3CCCN3C)nc3c2CC[C@@H](Cc2cc(F)ccc2CO)C3=O)CC1CC#N. The fraction of sp³-hybridized carbons (Fsp3) is 0.516. The molecule has 2 fully saturated rings. The van der Waals surface area contributed by atoms with E-state index in [0.717, 1.165) is 24.9 Å². The van der Waals surface area contributed by atoms with Gasteiger partial charge in [0.05, 0.1) is 25.1 Å². The van der Waals surface area contributed by atoms with Crippen LogP contribution >= 0.6 is 0 Å². The smallest absolute Gasteiger partial charge is 0.319 e. The first-order valence-corrected chi connectivity index (χ1v) is 14.5. The minimum atomic E-state index is -0.436. The number of carbonyl (C=O) groups is 2. The number of aliphatic hydroxyl groups is 1. The fourth-order valence-corrected chi connectivity index (χ4v) is 6.35. The van der Waals surface area contributed by atoms with E-state index in [0.29, 0.717) is 68.1 Å². The Labute approximate surface area is 245 Å². The van der Waals surface area contributed by atoms with Crippen LogP contribution in [0.3, 0.4) is 0 Å². The molecule has 2 saturated heterocycles. The summed E-state index contributed by atoms with van der Waals surface area (Å²) in [4.78, 5) is 41.7. The maximum absolute atomic E-state index is 14.0. The molecule has 10 nitrogen and oxygen atoms in total. The predicted molar refractivity (Wildman–Crippen MR) is 153 cm³/mol. The summed E-state index contributed by atoms with van der Waals surface area (Å²) in [5.41, 5.74) is 2.23. The Bertz CT molecular complexity index is 1390. The number of ether oxygens (including phenoxy) is 1. The van der Waals surface area contributed by atoms with Crippen LogP contribution < -0.4 is 9.64 Å². The molecule has 0 bridgehead atoms. The lowest BCUT2D eigenvalue weighted by Crippen LogP contribution is -2.55. The van der Waals surface area contributed by atoms with E-state index < -0.39 is 11.7 Å². The van der Waals surface area contributed by atoms with Gasteiger partial charge in [-0.2, -0.15) is 15.2 Å². The van der Waals surface area contributed by atoms with E-state index >= 15 is 0 Å². The van der Waals surface area contributed by atoms with Crippen molar-refractivity contribution in [3.63, 3.8) is 0 Å². The number of aliphatic hydroxyl groups excluding tert-OH is 1. The molecule has 0 spiro atoms. The van der Waals surface area contributed by atoms with Crippen molar-refractivity contribution in [3.8, 4) is 12.1 Å².